The van der Waals surface area contributed by atoms with E-state index in [2.05, 4.69) is 16.3 Å². The molecular weight excluding hydrogens is 442 g/mol. The predicted octanol–water partition coefficient (Wildman–Crippen LogP) is 4.33. The Bertz CT molecular complexity index is 984. The fourth-order valence-corrected chi connectivity index (χ4v) is 3.84. The summed E-state index contributed by atoms with van der Waals surface area (Å²) in [4.78, 5) is 28.0. The average Bonchev–Trinajstić information content (AvgIpc) is 2.77. The molecule has 33 heavy (non-hydrogen) atoms. The number of anilines is 1. The summed E-state index contributed by atoms with van der Waals surface area (Å²) < 4.78 is 10.6. The highest BCUT2D eigenvalue weighted by atomic mass is 35.5. The second-order valence-corrected chi connectivity index (χ2v) is 9.48. The summed E-state index contributed by atoms with van der Waals surface area (Å²) >= 11 is 6.63. The van der Waals surface area contributed by atoms with Crippen molar-refractivity contribution in [2.75, 3.05) is 44.8 Å². The number of benzene rings is 2. The zero-order chi connectivity index (χ0) is 24.0. The van der Waals surface area contributed by atoms with Crippen molar-refractivity contribution in [3.63, 3.8) is 0 Å². The molecule has 0 aliphatic carbocycles. The maximum atomic E-state index is 12.4. The van der Waals surface area contributed by atoms with Crippen molar-refractivity contribution in [3.05, 3.63) is 53.1 Å². The van der Waals surface area contributed by atoms with Crippen molar-refractivity contribution >= 4 is 29.3 Å². The highest BCUT2D eigenvalue weighted by Crippen LogP contribution is 2.32. The Morgan fingerprint density at radius 3 is 2.55 bits per heavy atom. The van der Waals surface area contributed by atoms with Gasteiger partial charge in [-0.05, 0) is 50.1 Å². The molecule has 0 atom stereocenters. The average molecular weight is 474 g/mol. The van der Waals surface area contributed by atoms with Crippen LogP contribution in [0.4, 0.5) is 10.5 Å². The summed E-state index contributed by atoms with van der Waals surface area (Å²) in [5, 5.41) is 3.18. The van der Waals surface area contributed by atoms with Gasteiger partial charge in [0.2, 0.25) is 5.91 Å². The normalized spacial score (nSPS) is 14.0. The molecular formula is C25H32ClN3O4. The molecule has 0 radical (unpaired) electrons. The van der Waals surface area contributed by atoms with Gasteiger partial charge in [0, 0.05) is 37.9 Å². The summed E-state index contributed by atoms with van der Waals surface area (Å²) in [5.41, 5.74) is 3.37. The number of carbonyl (C=O) groups excluding carboxylic acids is 2. The summed E-state index contributed by atoms with van der Waals surface area (Å²) in [6, 6.07) is 14.1. The van der Waals surface area contributed by atoms with Gasteiger partial charge < -0.3 is 24.6 Å². The van der Waals surface area contributed by atoms with Crippen LogP contribution < -0.4 is 10.2 Å². The molecule has 1 aliphatic heterocycles. The Balaban J connectivity index is 1.62. The third-order valence-corrected chi connectivity index (χ3v) is 5.51. The van der Waals surface area contributed by atoms with Crippen LogP contribution in [0.5, 0.6) is 0 Å². The Labute approximate surface area is 200 Å². The lowest BCUT2D eigenvalue weighted by atomic mass is 10.0. The van der Waals surface area contributed by atoms with Crippen molar-refractivity contribution < 1.29 is 19.1 Å². The van der Waals surface area contributed by atoms with E-state index in [1.807, 2.05) is 36.4 Å². The van der Waals surface area contributed by atoms with Crippen molar-refractivity contribution in [2.45, 2.75) is 32.9 Å². The van der Waals surface area contributed by atoms with Crippen LogP contribution in [0.25, 0.3) is 11.1 Å². The molecule has 7 nitrogen and oxygen atoms in total. The van der Waals surface area contributed by atoms with E-state index >= 15 is 0 Å². The van der Waals surface area contributed by atoms with E-state index in [0.29, 0.717) is 11.6 Å². The number of rotatable bonds is 6. The van der Waals surface area contributed by atoms with E-state index in [1.54, 1.807) is 32.7 Å². The van der Waals surface area contributed by atoms with Crippen molar-refractivity contribution in [1.29, 1.82) is 0 Å². The molecule has 2 aromatic rings. The number of likely N-dealkylation sites (N-methyl/N-ethyl adjacent to an activating group) is 1. The van der Waals surface area contributed by atoms with Gasteiger partial charge in [-0.1, -0.05) is 35.9 Å². The number of halogens is 1. The summed E-state index contributed by atoms with van der Waals surface area (Å²) in [6.45, 7) is 8.76. The van der Waals surface area contributed by atoms with E-state index in [0.717, 1.165) is 48.7 Å². The number of nitrogens with one attached hydrogen (secondary N) is 1. The zero-order valence-corrected chi connectivity index (χ0v) is 20.4. The van der Waals surface area contributed by atoms with E-state index in [9.17, 15) is 9.59 Å². The standard InChI is InChI=1S/C25H32ClN3O4/c1-25(2,3)33-24(31)27-16-23(30)28(4)17-18-6-5-7-19(14-18)21-9-8-20(15-22(21)26)29-10-12-32-13-11-29/h5-9,14-15H,10-13,16-17H2,1-4H3,(H,27,31). The second kappa shape index (κ2) is 10.9. The third kappa shape index (κ3) is 7.37. The molecule has 3 rings (SSSR count). The molecule has 1 saturated heterocycles. The van der Waals surface area contributed by atoms with Gasteiger partial charge in [0.05, 0.1) is 18.2 Å². The third-order valence-electron chi connectivity index (χ3n) is 5.20. The number of carbonyl (C=O) groups is 2. The van der Waals surface area contributed by atoms with Crippen molar-refractivity contribution in [3.8, 4) is 11.1 Å². The van der Waals surface area contributed by atoms with Crippen LogP contribution in [0, 0.1) is 0 Å². The number of ether oxygens (including phenoxy) is 2. The van der Waals surface area contributed by atoms with Gasteiger partial charge in [-0.15, -0.1) is 0 Å². The number of hydrogen-bond acceptors (Lipinski definition) is 5. The minimum Gasteiger partial charge on any atom is -0.444 e. The molecule has 8 heteroatoms. The number of morpholine rings is 1. The molecule has 1 N–H and O–H groups in total. The Kier molecular flexibility index (Phi) is 8.21. The molecule has 1 aliphatic rings. The van der Waals surface area contributed by atoms with Crippen LogP contribution in [0.3, 0.4) is 0 Å². The number of alkyl carbamates (subject to hydrolysis) is 1. The van der Waals surface area contributed by atoms with Crippen LogP contribution in [0.15, 0.2) is 42.5 Å². The second-order valence-electron chi connectivity index (χ2n) is 9.07. The molecule has 0 unspecified atom stereocenters. The minimum atomic E-state index is -0.610. The van der Waals surface area contributed by atoms with Crippen LogP contribution in [0.2, 0.25) is 5.02 Å². The molecule has 0 bridgehead atoms. The summed E-state index contributed by atoms with van der Waals surface area (Å²) in [7, 11) is 1.70. The quantitative estimate of drug-likeness (QED) is 0.676. The van der Waals surface area contributed by atoms with Gasteiger partial charge >= 0.3 is 6.09 Å². The first-order valence-electron chi connectivity index (χ1n) is 11.0. The van der Waals surface area contributed by atoms with Crippen molar-refractivity contribution in [1.82, 2.24) is 10.2 Å². The van der Waals surface area contributed by atoms with Gasteiger partial charge in [-0.2, -0.15) is 0 Å². The van der Waals surface area contributed by atoms with Crippen LogP contribution in [-0.2, 0) is 20.8 Å². The lowest BCUT2D eigenvalue weighted by Gasteiger charge is -2.29. The van der Waals surface area contributed by atoms with E-state index < -0.39 is 11.7 Å². The number of nitrogens with zero attached hydrogens (tertiary/aromatic N) is 2. The minimum absolute atomic E-state index is 0.125. The SMILES string of the molecule is CN(Cc1cccc(-c2ccc(N3CCOCC3)cc2Cl)c1)C(=O)CNC(=O)OC(C)(C)C. The molecule has 0 aromatic heterocycles. The lowest BCUT2D eigenvalue weighted by Crippen LogP contribution is -2.40. The molecule has 1 fully saturated rings. The van der Waals surface area contributed by atoms with Gasteiger partial charge in [-0.25, -0.2) is 4.79 Å². The van der Waals surface area contributed by atoms with Crippen LogP contribution in [0.1, 0.15) is 26.3 Å². The first-order chi connectivity index (χ1) is 15.6. The van der Waals surface area contributed by atoms with Gasteiger partial charge in [0.25, 0.3) is 0 Å². The number of amides is 2. The van der Waals surface area contributed by atoms with E-state index in [-0.39, 0.29) is 12.5 Å². The Morgan fingerprint density at radius 1 is 1.15 bits per heavy atom. The van der Waals surface area contributed by atoms with Gasteiger partial charge in [0.1, 0.15) is 12.1 Å². The smallest absolute Gasteiger partial charge is 0.408 e. The highest BCUT2D eigenvalue weighted by molar-refractivity contribution is 6.33. The molecule has 1 heterocycles. The topological polar surface area (TPSA) is 71.1 Å². The Hall–Kier alpha value is -2.77. The highest BCUT2D eigenvalue weighted by Gasteiger charge is 2.18. The van der Waals surface area contributed by atoms with Crippen LogP contribution in [-0.4, -0.2) is 62.4 Å². The zero-order valence-electron chi connectivity index (χ0n) is 19.7. The first kappa shape index (κ1) is 24.9. The van der Waals surface area contributed by atoms with Gasteiger partial charge in [-0.3, -0.25) is 4.79 Å². The molecule has 2 aromatic carbocycles. The predicted molar refractivity (Wildman–Crippen MR) is 131 cm³/mol. The van der Waals surface area contributed by atoms with Gasteiger partial charge in [0.15, 0.2) is 0 Å². The first-order valence-corrected chi connectivity index (χ1v) is 11.4. The fourth-order valence-electron chi connectivity index (χ4n) is 3.55. The summed E-state index contributed by atoms with van der Waals surface area (Å²) in [5.74, 6) is -0.209. The Morgan fingerprint density at radius 2 is 1.88 bits per heavy atom. The van der Waals surface area contributed by atoms with E-state index in [4.69, 9.17) is 21.1 Å². The maximum absolute atomic E-state index is 12.4. The molecule has 178 valence electrons. The molecule has 0 spiro atoms. The van der Waals surface area contributed by atoms with Crippen LogP contribution >= 0.6 is 11.6 Å². The van der Waals surface area contributed by atoms with E-state index in [1.165, 1.54) is 0 Å². The van der Waals surface area contributed by atoms with Crippen molar-refractivity contribution in [2.24, 2.45) is 0 Å². The lowest BCUT2D eigenvalue weighted by molar-refractivity contribution is -0.129. The fraction of sp³-hybridized carbons (Fsp3) is 0.440. The molecule has 2 amide bonds. The molecule has 0 saturated carbocycles. The number of hydrogen-bond donors (Lipinski definition) is 1. The maximum Gasteiger partial charge on any atom is 0.408 e. The monoisotopic (exact) mass is 473 g/mol. The largest absolute Gasteiger partial charge is 0.444 e. The summed E-state index contributed by atoms with van der Waals surface area (Å²) in [6.07, 6.45) is -0.610.